The number of benzene rings is 1. The Kier molecular flexibility index (Phi) is 6.20. The number of urea groups is 1. The molecule has 27 heavy (non-hydrogen) atoms. The van der Waals surface area contributed by atoms with E-state index in [-0.39, 0.29) is 16.9 Å². The van der Waals surface area contributed by atoms with Crippen molar-refractivity contribution in [3.8, 4) is 0 Å². The van der Waals surface area contributed by atoms with Crippen molar-refractivity contribution in [1.29, 1.82) is 0 Å². The molecule has 8 heteroatoms. The second-order valence-electron chi connectivity index (χ2n) is 7.21. The minimum atomic E-state index is -4.12. The third-order valence-electron chi connectivity index (χ3n) is 4.18. The molecule has 0 fully saturated rings. The summed E-state index contributed by atoms with van der Waals surface area (Å²) in [7, 11) is -4.12. The summed E-state index contributed by atoms with van der Waals surface area (Å²) >= 11 is 0. The Hall–Kier alpha value is -2.48. The Balaban J connectivity index is 2.37. The van der Waals surface area contributed by atoms with Crippen LogP contribution in [0.15, 0.2) is 29.4 Å². The molecule has 0 bridgehead atoms. The molecule has 2 N–H and O–H groups in total. The zero-order chi connectivity index (χ0) is 20.4. The summed E-state index contributed by atoms with van der Waals surface area (Å²) < 4.78 is 27.0. The van der Waals surface area contributed by atoms with Crippen LogP contribution in [0.25, 0.3) is 0 Å². The van der Waals surface area contributed by atoms with E-state index in [2.05, 4.69) is 15.5 Å². The smallest absolute Gasteiger partial charge is 0.307 e. The number of aromatic nitrogens is 2. The van der Waals surface area contributed by atoms with E-state index < -0.39 is 16.1 Å². The van der Waals surface area contributed by atoms with Crippen molar-refractivity contribution in [3.63, 3.8) is 0 Å². The van der Waals surface area contributed by atoms with E-state index in [0.717, 1.165) is 16.7 Å². The number of carbonyl (C=O) groups is 1. The van der Waals surface area contributed by atoms with Crippen molar-refractivity contribution in [3.05, 3.63) is 46.6 Å². The highest BCUT2D eigenvalue weighted by atomic mass is 32.2. The fourth-order valence-corrected chi connectivity index (χ4v) is 3.89. The lowest BCUT2D eigenvalue weighted by molar-refractivity contribution is 0.256. The maximum atomic E-state index is 12.5. The van der Waals surface area contributed by atoms with Crippen molar-refractivity contribution in [1.82, 2.24) is 14.9 Å². The van der Waals surface area contributed by atoms with Crippen LogP contribution in [-0.4, -0.2) is 24.6 Å². The van der Waals surface area contributed by atoms with E-state index in [9.17, 15) is 13.2 Å². The van der Waals surface area contributed by atoms with E-state index in [0.29, 0.717) is 11.3 Å². The molecule has 0 unspecified atom stereocenters. The van der Waals surface area contributed by atoms with Crippen molar-refractivity contribution in [2.24, 2.45) is 0 Å². The Labute approximate surface area is 160 Å². The topological polar surface area (TPSA) is 101 Å². The van der Waals surface area contributed by atoms with Crippen LogP contribution in [-0.2, 0) is 10.0 Å². The first kappa shape index (κ1) is 20.8. The molecule has 0 saturated heterocycles. The molecule has 146 valence electrons. The quantitative estimate of drug-likeness (QED) is 0.807. The van der Waals surface area contributed by atoms with E-state index in [1.54, 1.807) is 6.92 Å². The number of hydrogen-bond donors (Lipinski definition) is 2. The van der Waals surface area contributed by atoms with Crippen LogP contribution in [0.2, 0.25) is 0 Å². The Morgan fingerprint density at radius 1 is 1.04 bits per heavy atom. The fraction of sp³-hybridized carbons (Fsp3) is 0.421. The lowest BCUT2D eigenvalue weighted by Gasteiger charge is -2.21. The highest BCUT2D eigenvalue weighted by Gasteiger charge is 2.24. The van der Waals surface area contributed by atoms with Crippen molar-refractivity contribution >= 4 is 21.7 Å². The Bertz CT molecular complexity index is 924. The number of nitrogens with zero attached hydrogens (tertiary/aromatic N) is 2. The average Bonchev–Trinajstić information content (AvgIpc) is 2.55. The molecule has 1 heterocycles. The van der Waals surface area contributed by atoms with Crippen LogP contribution in [0.1, 0.15) is 61.8 Å². The van der Waals surface area contributed by atoms with E-state index in [1.165, 1.54) is 12.3 Å². The van der Waals surface area contributed by atoms with Crippen LogP contribution in [0.3, 0.4) is 0 Å². The predicted octanol–water partition coefficient (Wildman–Crippen LogP) is 3.85. The van der Waals surface area contributed by atoms with E-state index in [1.807, 2.05) is 51.5 Å². The van der Waals surface area contributed by atoms with Gasteiger partial charge in [0.1, 0.15) is 0 Å². The van der Waals surface area contributed by atoms with Gasteiger partial charge in [-0.05, 0) is 48.4 Å². The Morgan fingerprint density at radius 2 is 1.59 bits per heavy atom. The predicted molar refractivity (Wildman–Crippen MR) is 105 cm³/mol. The average molecular weight is 391 g/mol. The first-order chi connectivity index (χ1) is 12.5. The van der Waals surface area contributed by atoms with Crippen LogP contribution in [0.4, 0.5) is 10.5 Å². The summed E-state index contributed by atoms with van der Waals surface area (Å²) in [5.41, 5.74) is 4.07. The number of anilines is 1. The SMILES string of the molecule is Cc1cc(C(C)C)c(NC(=O)NS(=O)(=O)c2nnccc2C)c(C(C)C)c1. The first-order valence-electron chi connectivity index (χ1n) is 8.79. The monoisotopic (exact) mass is 390 g/mol. The Morgan fingerprint density at radius 3 is 2.07 bits per heavy atom. The molecule has 0 saturated carbocycles. The van der Waals surface area contributed by atoms with Gasteiger partial charge in [-0.25, -0.2) is 9.52 Å². The van der Waals surface area contributed by atoms with Crippen molar-refractivity contribution < 1.29 is 13.2 Å². The second kappa shape index (κ2) is 8.04. The van der Waals surface area contributed by atoms with E-state index >= 15 is 0 Å². The second-order valence-corrected chi connectivity index (χ2v) is 8.80. The molecule has 0 aliphatic rings. The first-order valence-corrected chi connectivity index (χ1v) is 10.3. The van der Waals surface area contributed by atoms with Gasteiger partial charge >= 0.3 is 6.03 Å². The van der Waals surface area contributed by atoms with Crippen LogP contribution in [0.5, 0.6) is 0 Å². The molecule has 2 amide bonds. The summed E-state index contributed by atoms with van der Waals surface area (Å²) in [6.07, 6.45) is 1.39. The highest BCUT2D eigenvalue weighted by Crippen LogP contribution is 2.33. The maximum Gasteiger partial charge on any atom is 0.333 e. The number of hydrogen-bond acceptors (Lipinski definition) is 5. The fourth-order valence-electron chi connectivity index (χ4n) is 2.85. The van der Waals surface area contributed by atoms with Gasteiger partial charge in [0, 0.05) is 11.9 Å². The molecule has 7 nitrogen and oxygen atoms in total. The molecule has 0 aliphatic heterocycles. The van der Waals surface area contributed by atoms with Gasteiger partial charge in [0.25, 0.3) is 10.0 Å². The van der Waals surface area contributed by atoms with Crippen LogP contribution < -0.4 is 10.0 Å². The third-order valence-corrected chi connectivity index (χ3v) is 5.55. The zero-order valence-corrected chi connectivity index (χ0v) is 17.3. The minimum absolute atomic E-state index is 0.163. The van der Waals surface area contributed by atoms with Gasteiger partial charge in [-0.3, -0.25) is 0 Å². The summed E-state index contributed by atoms with van der Waals surface area (Å²) in [4.78, 5) is 12.5. The standard InChI is InChI=1S/C19H26N4O3S/c1-11(2)15-9-13(5)10-16(12(3)4)17(15)21-19(24)23-27(25,26)18-14(6)7-8-20-22-18/h7-12H,1-6H3,(H2,21,23,24). The summed E-state index contributed by atoms with van der Waals surface area (Å²) in [6, 6.07) is 4.71. The number of aryl methyl sites for hydroxylation is 2. The van der Waals surface area contributed by atoms with Crippen molar-refractivity contribution in [2.45, 2.75) is 58.4 Å². The molecule has 2 aromatic rings. The molecular weight excluding hydrogens is 364 g/mol. The van der Waals surface area contributed by atoms with Gasteiger partial charge in [0.2, 0.25) is 5.03 Å². The van der Waals surface area contributed by atoms with Crippen LogP contribution >= 0.6 is 0 Å². The largest absolute Gasteiger partial charge is 0.333 e. The normalized spacial score (nSPS) is 11.7. The third kappa shape index (κ3) is 4.82. The van der Waals surface area contributed by atoms with E-state index in [4.69, 9.17) is 0 Å². The molecule has 0 atom stereocenters. The van der Waals surface area contributed by atoms with Gasteiger partial charge in [0.15, 0.2) is 0 Å². The lowest BCUT2D eigenvalue weighted by atomic mass is 9.90. The number of rotatable bonds is 5. The number of amides is 2. The van der Waals surface area contributed by atoms with Gasteiger partial charge < -0.3 is 5.32 Å². The van der Waals surface area contributed by atoms with Crippen LogP contribution in [0, 0.1) is 13.8 Å². The molecule has 1 aromatic carbocycles. The van der Waals surface area contributed by atoms with Crippen molar-refractivity contribution in [2.75, 3.05) is 5.32 Å². The molecule has 0 radical (unpaired) electrons. The minimum Gasteiger partial charge on any atom is -0.307 e. The number of sulfonamides is 1. The number of nitrogens with one attached hydrogen (secondary N) is 2. The highest BCUT2D eigenvalue weighted by molar-refractivity contribution is 7.90. The summed E-state index contributed by atoms with van der Waals surface area (Å²) in [5, 5.41) is 9.69. The van der Waals surface area contributed by atoms with Gasteiger partial charge in [-0.1, -0.05) is 45.4 Å². The molecule has 2 rings (SSSR count). The number of carbonyl (C=O) groups excluding carboxylic acids is 1. The molecule has 0 aliphatic carbocycles. The van der Waals surface area contributed by atoms with Gasteiger partial charge in [-0.2, -0.15) is 13.5 Å². The molecular formula is C19H26N4O3S. The van der Waals surface area contributed by atoms with Gasteiger partial charge in [-0.15, -0.1) is 5.10 Å². The summed E-state index contributed by atoms with van der Waals surface area (Å²) in [5.74, 6) is 0.327. The summed E-state index contributed by atoms with van der Waals surface area (Å²) in [6.45, 7) is 11.7. The lowest BCUT2D eigenvalue weighted by Crippen LogP contribution is -2.36. The zero-order valence-electron chi connectivity index (χ0n) is 16.5. The molecule has 0 spiro atoms. The maximum absolute atomic E-state index is 12.5. The van der Waals surface area contributed by atoms with Gasteiger partial charge in [0.05, 0.1) is 0 Å². The molecule has 1 aromatic heterocycles.